The Morgan fingerprint density at radius 2 is 2.00 bits per heavy atom. The molecule has 3 rings (SSSR count). The van der Waals surface area contributed by atoms with Crippen molar-refractivity contribution >= 4 is 45.7 Å². The van der Waals surface area contributed by atoms with Gasteiger partial charge in [0.2, 0.25) is 5.95 Å². The Morgan fingerprint density at radius 3 is 2.57 bits per heavy atom. The van der Waals surface area contributed by atoms with Crippen molar-refractivity contribution in [2.75, 3.05) is 44.9 Å². The summed E-state index contributed by atoms with van der Waals surface area (Å²) in [6.45, 7) is 1.64. The lowest BCUT2D eigenvalue weighted by Gasteiger charge is -2.45. The van der Waals surface area contributed by atoms with Gasteiger partial charge in [0.05, 0.1) is 28.9 Å². The molecule has 1 spiro atoms. The number of anilines is 1. The monoisotopic (exact) mass is 524 g/mol. The normalized spacial score (nSPS) is 21.3. The largest absolute Gasteiger partial charge is 0.351 e. The van der Waals surface area contributed by atoms with Crippen molar-refractivity contribution in [3.8, 4) is 0 Å². The number of halogens is 1. The molecule has 8 nitrogen and oxygen atoms in total. The van der Waals surface area contributed by atoms with E-state index < -0.39 is 14.6 Å². The third-order valence-corrected chi connectivity index (χ3v) is 8.51. The van der Waals surface area contributed by atoms with Crippen LogP contribution in [-0.4, -0.2) is 73.6 Å². The van der Waals surface area contributed by atoms with Gasteiger partial charge >= 0.3 is 0 Å². The summed E-state index contributed by atoms with van der Waals surface area (Å²) in [5, 5.41) is 3.40. The third kappa shape index (κ3) is 4.42. The Morgan fingerprint density at radius 1 is 1.32 bits per heavy atom. The summed E-state index contributed by atoms with van der Waals surface area (Å²) in [6.07, 6.45) is 6.55. The molecule has 0 unspecified atom stereocenters. The lowest BCUT2D eigenvalue weighted by atomic mass is 9.87. The summed E-state index contributed by atoms with van der Waals surface area (Å²) in [6, 6.07) is 0. The minimum atomic E-state index is -3.04. The molecule has 10 heteroatoms. The van der Waals surface area contributed by atoms with Crippen molar-refractivity contribution in [1.29, 1.82) is 0 Å². The molecule has 1 saturated carbocycles. The number of guanidine groups is 1. The van der Waals surface area contributed by atoms with E-state index in [-0.39, 0.29) is 29.7 Å². The van der Waals surface area contributed by atoms with E-state index in [9.17, 15) is 8.42 Å². The zero-order chi connectivity index (χ0) is 19.7. The van der Waals surface area contributed by atoms with Gasteiger partial charge in [0.15, 0.2) is 15.8 Å². The molecule has 2 fully saturated rings. The number of imidazole rings is 1. The molecule has 1 aliphatic heterocycles. The van der Waals surface area contributed by atoms with Crippen LogP contribution in [0.5, 0.6) is 0 Å². The topological polar surface area (TPSA) is 82.8 Å². The van der Waals surface area contributed by atoms with Crippen LogP contribution in [-0.2, 0) is 23.4 Å². The number of hydrogen-bond acceptors (Lipinski definition) is 5. The van der Waals surface area contributed by atoms with E-state index in [2.05, 4.69) is 20.2 Å². The van der Waals surface area contributed by atoms with Crippen LogP contribution in [0.25, 0.3) is 0 Å². The number of aromatic nitrogens is 2. The lowest BCUT2D eigenvalue weighted by molar-refractivity contribution is 0.274. The quantitative estimate of drug-likeness (QED) is 0.368. The highest BCUT2D eigenvalue weighted by Crippen LogP contribution is 2.38. The second kappa shape index (κ2) is 9.19. The minimum Gasteiger partial charge on any atom is -0.351 e. The Kier molecular flexibility index (Phi) is 7.62. The molecule has 1 aliphatic carbocycles. The second-order valence-corrected chi connectivity index (χ2v) is 10.4. The van der Waals surface area contributed by atoms with E-state index in [0.717, 1.165) is 49.7 Å². The molecule has 0 atom stereocenters. The molecule has 160 valence electrons. The fourth-order valence-corrected chi connectivity index (χ4v) is 6.49. The predicted octanol–water partition coefficient (Wildman–Crippen LogP) is 1.61. The van der Waals surface area contributed by atoms with Crippen LogP contribution in [0.3, 0.4) is 0 Å². The van der Waals surface area contributed by atoms with Crippen molar-refractivity contribution < 1.29 is 8.42 Å². The summed E-state index contributed by atoms with van der Waals surface area (Å²) in [7, 11) is 4.64. The highest BCUT2D eigenvalue weighted by atomic mass is 127. The van der Waals surface area contributed by atoms with Gasteiger partial charge in [-0.3, -0.25) is 4.99 Å². The smallest absolute Gasteiger partial charge is 0.204 e. The maximum absolute atomic E-state index is 12.8. The van der Waals surface area contributed by atoms with E-state index >= 15 is 0 Å². The first-order valence-electron chi connectivity index (χ1n) is 9.65. The summed E-state index contributed by atoms with van der Waals surface area (Å²) in [5.41, 5.74) is 1.05. The van der Waals surface area contributed by atoms with E-state index in [1.807, 2.05) is 36.8 Å². The van der Waals surface area contributed by atoms with E-state index in [4.69, 9.17) is 0 Å². The van der Waals surface area contributed by atoms with Crippen molar-refractivity contribution in [2.24, 2.45) is 12.0 Å². The molecule has 1 aromatic heterocycles. The Labute approximate surface area is 185 Å². The zero-order valence-corrected chi connectivity index (χ0v) is 20.5. The first-order valence-corrected chi connectivity index (χ1v) is 11.3. The van der Waals surface area contributed by atoms with Gasteiger partial charge in [-0.2, -0.15) is 0 Å². The van der Waals surface area contributed by atoms with Gasteiger partial charge in [-0.25, -0.2) is 13.4 Å². The fraction of sp³-hybridized carbons (Fsp3) is 0.778. The summed E-state index contributed by atoms with van der Waals surface area (Å²) in [4.78, 5) is 12.9. The van der Waals surface area contributed by atoms with E-state index in [1.165, 1.54) is 0 Å². The van der Waals surface area contributed by atoms with Gasteiger partial charge in [0, 0.05) is 41.3 Å². The van der Waals surface area contributed by atoms with Crippen molar-refractivity contribution in [3.63, 3.8) is 0 Å². The zero-order valence-electron chi connectivity index (χ0n) is 17.3. The lowest BCUT2D eigenvalue weighted by Crippen LogP contribution is -2.60. The van der Waals surface area contributed by atoms with E-state index in [1.54, 1.807) is 7.05 Å². The van der Waals surface area contributed by atoms with Crippen molar-refractivity contribution in [2.45, 2.75) is 43.4 Å². The third-order valence-electron chi connectivity index (χ3n) is 5.93. The Bertz CT molecular complexity index is 799. The van der Waals surface area contributed by atoms with Gasteiger partial charge in [-0.1, -0.05) is 19.3 Å². The molecule has 0 aromatic carbocycles. The Balaban J connectivity index is 0.00000280. The fourth-order valence-electron chi connectivity index (χ4n) is 4.33. The summed E-state index contributed by atoms with van der Waals surface area (Å²) in [5.74, 6) is 1.87. The average molecular weight is 524 g/mol. The van der Waals surface area contributed by atoms with Crippen LogP contribution in [0.1, 0.15) is 37.8 Å². The van der Waals surface area contributed by atoms with Crippen molar-refractivity contribution in [1.82, 2.24) is 19.8 Å². The predicted molar refractivity (Wildman–Crippen MR) is 124 cm³/mol. The molecule has 1 N–H and O–H groups in total. The molecule has 0 amide bonds. The van der Waals surface area contributed by atoms with Crippen LogP contribution >= 0.6 is 24.0 Å². The second-order valence-electron chi connectivity index (χ2n) is 7.89. The molecule has 2 aliphatic rings. The SMILES string of the molecule is CN=C(NCc1cnc(N(C)C)n1C)N1CCS(=O)(=O)C2(CCCCC2)C1.I. The molecule has 28 heavy (non-hydrogen) atoms. The molecule has 0 bridgehead atoms. The van der Waals surface area contributed by atoms with Crippen LogP contribution in [0.2, 0.25) is 0 Å². The van der Waals surface area contributed by atoms with Gasteiger partial charge in [0.1, 0.15) is 0 Å². The molecular weight excluding hydrogens is 491 g/mol. The summed E-state index contributed by atoms with van der Waals surface area (Å²) < 4.78 is 27.1. The minimum absolute atomic E-state index is 0. The number of hydrogen-bond donors (Lipinski definition) is 1. The van der Waals surface area contributed by atoms with Gasteiger partial charge < -0.3 is 19.7 Å². The van der Waals surface area contributed by atoms with Crippen LogP contribution < -0.4 is 10.2 Å². The number of rotatable bonds is 3. The van der Waals surface area contributed by atoms with Crippen LogP contribution in [0.4, 0.5) is 5.95 Å². The highest BCUT2D eigenvalue weighted by Gasteiger charge is 2.48. The van der Waals surface area contributed by atoms with Crippen LogP contribution in [0, 0.1) is 0 Å². The first kappa shape index (κ1) is 23.2. The van der Waals surface area contributed by atoms with Gasteiger partial charge in [0.25, 0.3) is 0 Å². The van der Waals surface area contributed by atoms with Gasteiger partial charge in [-0.15, -0.1) is 24.0 Å². The molecular formula is C18H33IN6O2S. The number of sulfone groups is 1. The molecule has 2 heterocycles. The molecule has 1 saturated heterocycles. The van der Waals surface area contributed by atoms with Crippen LogP contribution in [0.15, 0.2) is 11.2 Å². The first-order chi connectivity index (χ1) is 12.8. The molecule has 1 aromatic rings. The maximum atomic E-state index is 12.8. The number of aliphatic imine (C=N–C) groups is 1. The standard InChI is InChI=1S/C18H32N6O2S.HI/c1-19-16(20-12-15-13-21-17(22(2)3)23(15)4)24-10-11-27(25,26)18(14-24)8-6-5-7-9-18;/h13H,5-12,14H2,1-4H3,(H,19,20);1H. The highest BCUT2D eigenvalue weighted by molar-refractivity contribution is 14.0. The average Bonchev–Trinajstić information content (AvgIpc) is 3.00. The summed E-state index contributed by atoms with van der Waals surface area (Å²) >= 11 is 0. The van der Waals surface area contributed by atoms with Gasteiger partial charge in [-0.05, 0) is 12.8 Å². The van der Waals surface area contributed by atoms with E-state index in [0.29, 0.717) is 19.6 Å². The number of nitrogens with zero attached hydrogens (tertiary/aromatic N) is 5. The number of nitrogens with one attached hydrogen (secondary N) is 1. The van der Waals surface area contributed by atoms with Crippen molar-refractivity contribution in [3.05, 3.63) is 11.9 Å². The Hall–Kier alpha value is -1.04. The maximum Gasteiger partial charge on any atom is 0.204 e. The molecule has 0 radical (unpaired) electrons.